The number of nitrogen functional groups attached to an aromatic ring is 1. The molecule has 0 unspecified atom stereocenters. The lowest BCUT2D eigenvalue weighted by Gasteiger charge is -2.35. The molecule has 1 fully saturated rings. The summed E-state index contributed by atoms with van der Waals surface area (Å²) in [5.41, 5.74) is 5.42. The summed E-state index contributed by atoms with van der Waals surface area (Å²) in [6, 6.07) is 2.61. The lowest BCUT2D eigenvalue weighted by atomic mass is 10.2. The van der Waals surface area contributed by atoms with E-state index in [2.05, 4.69) is 11.8 Å². The van der Waals surface area contributed by atoms with Crippen LogP contribution in [0.5, 0.6) is 0 Å². The fourth-order valence-electron chi connectivity index (χ4n) is 2.08. The molecule has 0 aromatic heterocycles. The number of likely N-dealkylation sites (N-methyl/N-ethyl adjacent to an activating group) is 1. The number of benzene rings is 1. The first-order chi connectivity index (χ1) is 8.11. The van der Waals surface area contributed by atoms with Crippen molar-refractivity contribution in [3.63, 3.8) is 0 Å². The first kappa shape index (κ1) is 12.1. The second kappa shape index (κ2) is 4.87. The normalized spacial score (nSPS) is 17.5. The first-order valence-corrected chi connectivity index (χ1v) is 5.83. The van der Waals surface area contributed by atoms with E-state index in [0.29, 0.717) is 5.69 Å². The second-order valence-electron chi connectivity index (χ2n) is 4.24. The molecule has 0 bridgehead atoms. The van der Waals surface area contributed by atoms with Crippen LogP contribution in [0.4, 0.5) is 20.2 Å². The van der Waals surface area contributed by atoms with E-state index in [1.807, 2.05) is 4.90 Å². The summed E-state index contributed by atoms with van der Waals surface area (Å²) in [6.07, 6.45) is 0. The van der Waals surface area contributed by atoms with Crippen LogP contribution in [-0.2, 0) is 0 Å². The van der Waals surface area contributed by atoms with Gasteiger partial charge >= 0.3 is 0 Å². The summed E-state index contributed by atoms with van der Waals surface area (Å²) in [5, 5.41) is 0. The molecule has 0 amide bonds. The Morgan fingerprint density at radius 3 is 2.12 bits per heavy atom. The van der Waals surface area contributed by atoms with Gasteiger partial charge < -0.3 is 15.5 Å². The third kappa shape index (κ3) is 2.49. The molecular weight excluding hydrogens is 224 g/mol. The Bertz CT molecular complexity index is 378. The minimum Gasteiger partial charge on any atom is -0.394 e. The summed E-state index contributed by atoms with van der Waals surface area (Å²) in [6.45, 7) is 6.54. The third-order valence-electron chi connectivity index (χ3n) is 3.25. The molecular formula is C12H17F2N3. The molecule has 0 atom stereocenters. The quantitative estimate of drug-likeness (QED) is 0.800. The van der Waals surface area contributed by atoms with Gasteiger partial charge in [0.15, 0.2) is 11.6 Å². The van der Waals surface area contributed by atoms with Gasteiger partial charge in [0.25, 0.3) is 0 Å². The molecule has 94 valence electrons. The van der Waals surface area contributed by atoms with Crippen molar-refractivity contribution in [1.29, 1.82) is 0 Å². The smallest absolute Gasteiger partial charge is 0.151 e. The number of rotatable bonds is 2. The van der Waals surface area contributed by atoms with Crippen molar-refractivity contribution in [3.05, 3.63) is 23.8 Å². The number of nitrogens with zero attached hydrogens (tertiary/aromatic N) is 2. The van der Waals surface area contributed by atoms with Crippen molar-refractivity contribution < 1.29 is 8.78 Å². The number of anilines is 2. The van der Waals surface area contributed by atoms with Crippen LogP contribution in [-0.4, -0.2) is 37.6 Å². The van der Waals surface area contributed by atoms with Crippen LogP contribution < -0.4 is 10.6 Å². The van der Waals surface area contributed by atoms with Crippen molar-refractivity contribution in [2.24, 2.45) is 0 Å². The van der Waals surface area contributed by atoms with Crippen LogP contribution in [0.1, 0.15) is 6.92 Å². The highest BCUT2D eigenvalue weighted by Gasteiger charge is 2.18. The molecule has 1 saturated heterocycles. The third-order valence-corrected chi connectivity index (χ3v) is 3.25. The zero-order chi connectivity index (χ0) is 12.4. The Morgan fingerprint density at radius 1 is 1.12 bits per heavy atom. The van der Waals surface area contributed by atoms with Crippen molar-refractivity contribution in [2.45, 2.75) is 6.92 Å². The van der Waals surface area contributed by atoms with Crippen molar-refractivity contribution >= 4 is 11.4 Å². The van der Waals surface area contributed by atoms with Crippen molar-refractivity contribution in [3.8, 4) is 0 Å². The fraction of sp³-hybridized carbons (Fsp3) is 0.500. The van der Waals surface area contributed by atoms with E-state index in [0.717, 1.165) is 32.7 Å². The number of hydrogen-bond donors (Lipinski definition) is 1. The molecule has 2 N–H and O–H groups in total. The van der Waals surface area contributed by atoms with E-state index in [1.165, 1.54) is 12.1 Å². The molecule has 1 aromatic carbocycles. The monoisotopic (exact) mass is 241 g/mol. The molecule has 2 rings (SSSR count). The highest BCUT2D eigenvalue weighted by atomic mass is 19.1. The molecule has 1 aromatic rings. The average molecular weight is 241 g/mol. The second-order valence-corrected chi connectivity index (χ2v) is 4.24. The van der Waals surface area contributed by atoms with Gasteiger partial charge in [0.2, 0.25) is 0 Å². The van der Waals surface area contributed by atoms with Crippen molar-refractivity contribution in [2.75, 3.05) is 43.4 Å². The van der Waals surface area contributed by atoms with E-state index in [4.69, 9.17) is 5.73 Å². The van der Waals surface area contributed by atoms with E-state index in [1.54, 1.807) is 0 Å². The Balaban J connectivity index is 2.13. The van der Waals surface area contributed by atoms with E-state index in [-0.39, 0.29) is 0 Å². The van der Waals surface area contributed by atoms with Gasteiger partial charge in [-0.05, 0) is 18.7 Å². The zero-order valence-electron chi connectivity index (χ0n) is 9.92. The molecule has 0 aliphatic carbocycles. The predicted octanol–water partition coefficient (Wildman–Crippen LogP) is 1.69. The molecule has 0 radical (unpaired) electrons. The largest absolute Gasteiger partial charge is 0.394 e. The standard InChI is InChI=1S/C12H17F2N3/c1-2-16-3-5-17(6-4-16)9-7-10(13)12(15)11(14)8-9/h7-8H,2-6,15H2,1H3. The SMILES string of the molecule is CCN1CCN(c2cc(F)c(N)c(F)c2)CC1. The maximum absolute atomic E-state index is 13.3. The van der Waals surface area contributed by atoms with Gasteiger partial charge in [0, 0.05) is 31.9 Å². The molecule has 3 nitrogen and oxygen atoms in total. The Kier molecular flexibility index (Phi) is 3.47. The summed E-state index contributed by atoms with van der Waals surface area (Å²) >= 11 is 0. The molecule has 0 spiro atoms. The molecule has 1 aliphatic heterocycles. The van der Waals surface area contributed by atoms with Crippen LogP contribution >= 0.6 is 0 Å². The predicted molar refractivity (Wildman–Crippen MR) is 65.1 cm³/mol. The minimum atomic E-state index is -0.682. The van der Waals surface area contributed by atoms with Gasteiger partial charge in [-0.1, -0.05) is 6.92 Å². The summed E-state index contributed by atoms with van der Waals surface area (Å²) in [7, 11) is 0. The molecule has 1 heterocycles. The highest BCUT2D eigenvalue weighted by molar-refractivity contribution is 5.55. The van der Waals surface area contributed by atoms with Crippen LogP contribution in [0.25, 0.3) is 0 Å². The van der Waals surface area contributed by atoms with Crippen LogP contribution in [0.15, 0.2) is 12.1 Å². The maximum atomic E-state index is 13.3. The molecule has 1 aliphatic rings. The van der Waals surface area contributed by atoms with E-state index in [9.17, 15) is 8.78 Å². The van der Waals surface area contributed by atoms with Crippen molar-refractivity contribution in [1.82, 2.24) is 4.90 Å². The minimum absolute atomic E-state index is 0.402. The molecule has 17 heavy (non-hydrogen) atoms. The fourth-order valence-corrected chi connectivity index (χ4v) is 2.08. The topological polar surface area (TPSA) is 32.5 Å². The highest BCUT2D eigenvalue weighted by Crippen LogP contribution is 2.24. The van der Waals surface area contributed by atoms with Gasteiger partial charge in [0.1, 0.15) is 5.69 Å². The van der Waals surface area contributed by atoms with Crippen LogP contribution in [0.3, 0.4) is 0 Å². The lowest BCUT2D eigenvalue weighted by Crippen LogP contribution is -2.46. The lowest BCUT2D eigenvalue weighted by molar-refractivity contribution is 0.271. The van der Waals surface area contributed by atoms with Crippen LogP contribution in [0.2, 0.25) is 0 Å². The Labute approximate surface area is 99.8 Å². The summed E-state index contributed by atoms with van der Waals surface area (Å²) in [4.78, 5) is 4.29. The van der Waals surface area contributed by atoms with Gasteiger partial charge in [0.05, 0.1) is 0 Å². The number of piperazine rings is 1. The summed E-state index contributed by atoms with van der Waals surface area (Å²) < 4.78 is 26.7. The number of halogens is 2. The first-order valence-electron chi connectivity index (χ1n) is 5.83. The molecule has 0 saturated carbocycles. The average Bonchev–Trinajstić information content (AvgIpc) is 2.35. The number of nitrogens with two attached hydrogens (primary N) is 1. The summed E-state index contributed by atoms with van der Waals surface area (Å²) in [5.74, 6) is -1.36. The Hall–Kier alpha value is -1.36. The maximum Gasteiger partial charge on any atom is 0.151 e. The molecule has 5 heteroatoms. The van der Waals surface area contributed by atoms with Crippen LogP contribution in [0, 0.1) is 11.6 Å². The van der Waals surface area contributed by atoms with Gasteiger partial charge in [-0.2, -0.15) is 0 Å². The Morgan fingerprint density at radius 2 is 1.65 bits per heavy atom. The van der Waals surface area contributed by atoms with Gasteiger partial charge in [-0.25, -0.2) is 8.78 Å². The van der Waals surface area contributed by atoms with Gasteiger partial charge in [-0.3, -0.25) is 0 Å². The zero-order valence-corrected chi connectivity index (χ0v) is 9.92. The van der Waals surface area contributed by atoms with Gasteiger partial charge in [-0.15, -0.1) is 0 Å². The number of hydrogen-bond acceptors (Lipinski definition) is 3. The van der Waals surface area contributed by atoms with E-state index < -0.39 is 17.3 Å². The van der Waals surface area contributed by atoms with E-state index >= 15 is 0 Å².